The maximum Gasteiger partial charge on any atom is 0.285 e. The molecule has 0 aliphatic carbocycles. The van der Waals surface area contributed by atoms with Crippen LogP contribution in [0.4, 0.5) is 5.69 Å². The van der Waals surface area contributed by atoms with Crippen LogP contribution < -0.4 is 10.9 Å². The van der Waals surface area contributed by atoms with Gasteiger partial charge in [-0.15, -0.1) is 0 Å². The van der Waals surface area contributed by atoms with Gasteiger partial charge in [-0.2, -0.15) is 10.4 Å². The Hall–Kier alpha value is -2.21. The molecule has 0 fully saturated rings. The van der Waals surface area contributed by atoms with Gasteiger partial charge in [-0.3, -0.25) is 9.59 Å². The number of carbonyl (C=O) groups is 1. The van der Waals surface area contributed by atoms with Crippen LogP contribution in [0, 0.1) is 14.9 Å². The molecule has 124 valence electrons. The minimum Gasteiger partial charge on any atom is -0.324 e. The number of nitriles is 1. The van der Waals surface area contributed by atoms with Gasteiger partial charge in [-0.25, -0.2) is 4.68 Å². The molecule has 24 heavy (non-hydrogen) atoms. The maximum absolute atomic E-state index is 12.4. The largest absolute Gasteiger partial charge is 0.324 e. The fourth-order valence-electron chi connectivity index (χ4n) is 2.44. The molecule has 0 aliphatic rings. The molecule has 1 heterocycles. The summed E-state index contributed by atoms with van der Waals surface area (Å²) in [6.45, 7) is 3.56. The molecule has 0 saturated heterocycles. The lowest BCUT2D eigenvalue weighted by atomic mass is 10.0. The second kappa shape index (κ2) is 8.06. The van der Waals surface area contributed by atoms with Gasteiger partial charge in [0.2, 0.25) is 5.91 Å². The van der Waals surface area contributed by atoms with Crippen molar-refractivity contribution in [1.82, 2.24) is 9.78 Å². The van der Waals surface area contributed by atoms with Crippen LogP contribution in [0.1, 0.15) is 30.7 Å². The van der Waals surface area contributed by atoms with E-state index in [0.29, 0.717) is 29.8 Å². The van der Waals surface area contributed by atoms with Crippen LogP contribution in [-0.2, 0) is 24.2 Å². The van der Waals surface area contributed by atoms with Crippen molar-refractivity contribution in [3.8, 4) is 6.07 Å². The first kappa shape index (κ1) is 18.1. The summed E-state index contributed by atoms with van der Waals surface area (Å²) >= 11 is 2.15. The fourth-order valence-corrected chi connectivity index (χ4v) is 2.99. The van der Waals surface area contributed by atoms with E-state index < -0.39 is 5.56 Å². The van der Waals surface area contributed by atoms with Crippen molar-refractivity contribution in [3.63, 3.8) is 0 Å². The van der Waals surface area contributed by atoms with E-state index >= 15 is 0 Å². The molecule has 0 unspecified atom stereocenters. The number of hydrogen-bond acceptors (Lipinski definition) is 4. The van der Waals surface area contributed by atoms with Crippen molar-refractivity contribution in [2.24, 2.45) is 0 Å². The highest BCUT2D eigenvalue weighted by Gasteiger charge is 2.16. The van der Waals surface area contributed by atoms with Gasteiger partial charge in [-0.1, -0.05) is 19.9 Å². The van der Waals surface area contributed by atoms with Gasteiger partial charge in [0, 0.05) is 9.26 Å². The van der Waals surface area contributed by atoms with E-state index in [9.17, 15) is 14.9 Å². The lowest BCUT2D eigenvalue weighted by Crippen LogP contribution is -2.33. The van der Waals surface area contributed by atoms with E-state index in [4.69, 9.17) is 0 Å². The highest BCUT2D eigenvalue weighted by molar-refractivity contribution is 14.1. The van der Waals surface area contributed by atoms with Gasteiger partial charge in [0.25, 0.3) is 5.56 Å². The first-order valence-corrected chi connectivity index (χ1v) is 8.66. The van der Waals surface area contributed by atoms with E-state index in [0.717, 1.165) is 8.25 Å². The number of rotatable bonds is 5. The third-order valence-electron chi connectivity index (χ3n) is 3.54. The summed E-state index contributed by atoms with van der Waals surface area (Å²) in [4.78, 5) is 24.6. The molecule has 0 bridgehead atoms. The predicted molar refractivity (Wildman–Crippen MR) is 99.8 cm³/mol. The number of halogens is 1. The summed E-state index contributed by atoms with van der Waals surface area (Å²) in [5.74, 6) is -0.359. The van der Waals surface area contributed by atoms with Crippen LogP contribution in [0.3, 0.4) is 0 Å². The normalized spacial score (nSPS) is 10.2. The van der Waals surface area contributed by atoms with E-state index in [1.165, 1.54) is 0 Å². The van der Waals surface area contributed by atoms with Crippen LogP contribution in [0.5, 0.6) is 0 Å². The lowest BCUT2D eigenvalue weighted by Gasteiger charge is -2.12. The first-order chi connectivity index (χ1) is 11.5. The zero-order valence-corrected chi connectivity index (χ0v) is 15.6. The summed E-state index contributed by atoms with van der Waals surface area (Å²) in [7, 11) is 0. The van der Waals surface area contributed by atoms with Crippen molar-refractivity contribution in [2.75, 3.05) is 5.32 Å². The Morgan fingerprint density at radius 2 is 2.12 bits per heavy atom. The van der Waals surface area contributed by atoms with Crippen LogP contribution in [0.2, 0.25) is 0 Å². The third-order valence-corrected chi connectivity index (χ3v) is 4.21. The highest BCUT2D eigenvalue weighted by Crippen LogP contribution is 2.13. The molecule has 0 atom stereocenters. The summed E-state index contributed by atoms with van der Waals surface area (Å²) in [6, 6.07) is 9.30. The van der Waals surface area contributed by atoms with Gasteiger partial charge in [-0.05, 0) is 59.2 Å². The molecule has 6 nitrogen and oxygen atoms in total. The van der Waals surface area contributed by atoms with Crippen molar-refractivity contribution >= 4 is 34.2 Å². The minimum atomic E-state index is -0.524. The molecule has 2 rings (SSSR count). The predicted octanol–water partition coefficient (Wildman–Crippen LogP) is 2.48. The quantitative estimate of drug-likeness (QED) is 0.730. The second-order valence-electron chi connectivity index (χ2n) is 5.14. The third kappa shape index (κ3) is 4.00. The Balaban J connectivity index is 2.31. The molecule has 0 saturated carbocycles. The number of amides is 1. The number of carbonyl (C=O) groups excluding carboxylic acids is 1. The van der Waals surface area contributed by atoms with E-state index in [1.807, 2.05) is 38.1 Å². The smallest absolute Gasteiger partial charge is 0.285 e. The highest BCUT2D eigenvalue weighted by atomic mass is 127. The van der Waals surface area contributed by atoms with Crippen LogP contribution >= 0.6 is 22.6 Å². The van der Waals surface area contributed by atoms with Gasteiger partial charge in [0.05, 0.1) is 5.69 Å². The second-order valence-corrected chi connectivity index (χ2v) is 6.39. The monoisotopic (exact) mass is 436 g/mol. The van der Waals surface area contributed by atoms with Crippen molar-refractivity contribution in [1.29, 1.82) is 5.26 Å². The average Bonchev–Trinajstić information content (AvgIpc) is 2.55. The van der Waals surface area contributed by atoms with Gasteiger partial charge < -0.3 is 5.32 Å². The van der Waals surface area contributed by atoms with E-state index in [-0.39, 0.29) is 18.0 Å². The molecule has 1 aromatic heterocycles. The molecule has 1 N–H and O–H groups in total. The summed E-state index contributed by atoms with van der Waals surface area (Å²) in [5, 5.41) is 16.3. The van der Waals surface area contributed by atoms with Crippen molar-refractivity contribution < 1.29 is 4.79 Å². The number of aromatic nitrogens is 2. The standard InChI is InChI=1S/C17H17IN4O2/c1-3-13-14(9-19)17(24)22(21-15(13)4-2)10-16(23)20-12-7-5-6-11(18)8-12/h5-8H,3-4,10H2,1-2H3,(H,20,23). The Morgan fingerprint density at radius 3 is 2.71 bits per heavy atom. The molecule has 0 aliphatic heterocycles. The molecular weight excluding hydrogens is 419 g/mol. The summed E-state index contributed by atoms with van der Waals surface area (Å²) < 4.78 is 2.06. The zero-order chi connectivity index (χ0) is 17.7. The number of nitrogens with one attached hydrogen (secondary N) is 1. The molecule has 0 spiro atoms. The molecule has 7 heteroatoms. The molecule has 1 amide bonds. The Bertz CT molecular complexity index is 868. The molecule has 1 aromatic carbocycles. The number of anilines is 1. The Kier molecular flexibility index (Phi) is 6.09. The number of hydrogen-bond donors (Lipinski definition) is 1. The van der Waals surface area contributed by atoms with Crippen LogP contribution in [0.15, 0.2) is 29.1 Å². The SMILES string of the molecule is CCc1nn(CC(=O)Nc2cccc(I)c2)c(=O)c(C#N)c1CC. The Morgan fingerprint density at radius 1 is 1.38 bits per heavy atom. The van der Waals surface area contributed by atoms with E-state index in [2.05, 4.69) is 33.0 Å². The topological polar surface area (TPSA) is 87.8 Å². The number of nitrogens with zero attached hydrogens (tertiary/aromatic N) is 3. The summed E-state index contributed by atoms with van der Waals surface area (Å²) in [5.41, 5.74) is 1.55. The van der Waals surface area contributed by atoms with Gasteiger partial charge in [0.15, 0.2) is 0 Å². The molecule has 2 aromatic rings. The average molecular weight is 436 g/mol. The minimum absolute atomic E-state index is 0.0754. The number of benzene rings is 1. The van der Waals surface area contributed by atoms with Crippen LogP contribution in [-0.4, -0.2) is 15.7 Å². The maximum atomic E-state index is 12.4. The molecule has 0 radical (unpaired) electrons. The first-order valence-electron chi connectivity index (χ1n) is 7.58. The van der Waals surface area contributed by atoms with Gasteiger partial charge >= 0.3 is 0 Å². The van der Waals surface area contributed by atoms with Gasteiger partial charge in [0.1, 0.15) is 18.2 Å². The Labute approximate surface area is 153 Å². The zero-order valence-electron chi connectivity index (χ0n) is 13.5. The summed E-state index contributed by atoms with van der Waals surface area (Å²) in [6.07, 6.45) is 1.15. The lowest BCUT2D eigenvalue weighted by molar-refractivity contribution is -0.117. The van der Waals surface area contributed by atoms with Crippen molar-refractivity contribution in [3.05, 3.63) is 55.0 Å². The molecular formula is C17H17IN4O2. The number of aryl methyl sites for hydroxylation is 1. The van der Waals surface area contributed by atoms with Crippen LogP contribution in [0.25, 0.3) is 0 Å². The van der Waals surface area contributed by atoms with E-state index in [1.54, 1.807) is 6.07 Å². The van der Waals surface area contributed by atoms with Crippen molar-refractivity contribution in [2.45, 2.75) is 33.2 Å². The fraction of sp³-hybridized carbons (Fsp3) is 0.294.